The van der Waals surface area contributed by atoms with E-state index in [1.54, 1.807) is 23.5 Å². The maximum atomic E-state index is 5.78. The lowest BCUT2D eigenvalue weighted by molar-refractivity contribution is 1.17. The summed E-state index contributed by atoms with van der Waals surface area (Å²) in [5.41, 5.74) is 1.61. The van der Waals surface area contributed by atoms with Crippen LogP contribution in [0.25, 0.3) is 0 Å². The predicted molar refractivity (Wildman–Crippen MR) is 71.9 cm³/mol. The van der Waals surface area contributed by atoms with Crippen molar-refractivity contribution in [2.24, 2.45) is 0 Å². The minimum absolute atomic E-state index is 0.805. The van der Waals surface area contributed by atoms with Crippen LogP contribution < -0.4 is 10.9 Å². The second kappa shape index (κ2) is 3.94. The molecule has 0 unspecified atom stereocenters. The first-order valence-corrected chi connectivity index (χ1v) is 6.50. The summed E-state index contributed by atoms with van der Waals surface area (Å²) in [4.78, 5) is 4.94. The van der Waals surface area contributed by atoms with Crippen molar-refractivity contribution < 1.29 is 0 Å². The summed E-state index contributed by atoms with van der Waals surface area (Å²) < 4.78 is 0. The molecule has 1 aliphatic heterocycles. The first kappa shape index (κ1) is 10.4. The van der Waals surface area contributed by atoms with Crippen molar-refractivity contribution in [3.63, 3.8) is 0 Å². The van der Waals surface area contributed by atoms with E-state index in [-0.39, 0.29) is 0 Å². The number of hydrogen-bond acceptors (Lipinski definition) is 2. The molecule has 2 aromatic rings. The minimum atomic E-state index is 0.805. The zero-order valence-corrected chi connectivity index (χ0v) is 10.1. The first-order valence-electron chi connectivity index (χ1n) is 4.87. The van der Waals surface area contributed by atoms with E-state index in [4.69, 9.17) is 15.7 Å². The molecule has 0 nitrogen and oxygen atoms in total. The second-order valence-electron chi connectivity index (χ2n) is 3.62. The van der Waals surface area contributed by atoms with Gasteiger partial charge in [0, 0.05) is 19.6 Å². The molecule has 0 fully saturated rings. The molecule has 0 N–H and O–H groups in total. The van der Waals surface area contributed by atoms with Crippen molar-refractivity contribution in [3.05, 3.63) is 36.4 Å². The van der Waals surface area contributed by atoms with Crippen molar-refractivity contribution in [2.75, 3.05) is 0 Å². The maximum Gasteiger partial charge on any atom is 0.113 e. The van der Waals surface area contributed by atoms with E-state index < -0.39 is 0 Å². The molecule has 0 aromatic heterocycles. The summed E-state index contributed by atoms with van der Waals surface area (Å²) in [5.74, 6) is 0. The van der Waals surface area contributed by atoms with Gasteiger partial charge in [-0.2, -0.15) is 0 Å². The van der Waals surface area contributed by atoms with Crippen LogP contribution in [0.5, 0.6) is 0 Å². The third kappa shape index (κ3) is 1.80. The fourth-order valence-electron chi connectivity index (χ4n) is 1.61. The second-order valence-corrected chi connectivity index (χ2v) is 5.78. The molecule has 1 aliphatic rings. The maximum absolute atomic E-state index is 5.78. The van der Waals surface area contributed by atoms with Crippen LogP contribution >= 0.6 is 23.5 Å². The molecule has 0 spiro atoms. The van der Waals surface area contributed by atoms with Crippen molar-refractivity contribution in [1.82, 2.24) is 0 Å². The van der Waals surface area contributed by atoms with Crippen LogP contribution in [0, 0.1) is 0 Å². The average molecular weight is 236 g/mol. The SMILES string of the molecule is [B]c1ccc2c(c1)Sc1cc([B])ccc1S2. The lowest BCUT2D eigenvalue weighted by Crippen LogP contribution is -2.05. The van der Waals surface area contributed by atoms with Gasteiger partial charge in [0.25, 0.3) is 0 Å². The Kier molecular flexibility index (Phi) is 2.56. The quantitative estimate of drug-likeness (QED) is 0.546. The van der Waals surface area contributed by atoms with Crippen molar-refractivity contribution in [1.29, 1.82) is 0 Å². The lowest BCUT2D eigenvalue weighted by atomic mass is 9.97. The van der Waals surface area contributed by atoms with Crippen LogP contribution in [0.1, 0.15) is 0 Å². The van der Waals surface area contributed by atoms with Gasteiger partial charge in [0.05, 0.1) is 0 Å². The highest BCUT2D eigenvalue weighted by molar-refractivity contribution is 8.05. The summed E-state index contributed by atoms with van der Waals surface area (Å²) in [7, 11) is 11.6. The molecular weight excluding hydrogens is 230 g/mol. The van der Waals surface area contributed by atoms with E-state index in [0.29, 0.717) is 0 Å². The fraction of sp³-hybridized carbons (Fsp3) is 0. The zero-order chi connectivity index (χ0) is 11.1. The standard InChI is InChI=1S/C12H6B2S2/c13-7-1-3-9-11(5-7)16-12-6-8(14)2-4-10(12)15-9/h1-6H. The Hall–Kier alpha value is -0.730. The molecule has 0 saturated carbocycles. The molecule has 0 saturated heterocycles. The topological polar surface area (TPSA) is 0 Å². The number of rotatable bonds is 0. The van der Waals surface area contributed by atoms with Crippen LogP contribution in [-0.4, -0.2) is 15.7 Å². The lowest BCUT2D eigenvalue weighted by Gasteiger charge is -2.19. The van der Waals surface area contributed by atoms with Crippen LogP contribution in [0.15, 0.2) is 56.0 Å². The molecule has 0 amide bonds. The van der Waals surface area contributed by atoms with Gasteiger partial charge < -0.3 is 0 Å². The Morgan fingerprint density at radius 1 is 0.625 bits per heavy atom. The van der Waals surface area contributed by atoms with Gasteiger partial charge in [0.15, 0.2) is 0 Å². The molecule has 1 heterocycles. The molecule has 4 heteroatoms. The fourth-order valence-corrected chi connectivity index (χ4v) is 3.91. The molecule has 3 rings (SSSR count). The Morgan fingerprint density at radius 2 is 1.06 bits per heavy atom. The molecular formula is C12H6B2S2. The van der Waals surface area contributed by atoms with E-state index in [1.165, 1.54) is 19.6 Å². The Balaban J connectivity index is 2.10. The van der Waals surface area contributed by atoms with Gasteiger partial charge in [-0.3, -0.25) is 0 Å². The molecule has 2 aromatic carbocycles. The molecule has 0 bridgehead atoms. The van der Waals surface area contributed by atoms with Gasteiger partial charge in [0.2, 0.25) is 0 Å². The minimum Gasteiger partial charge on any atom is -0.0955 e. The number of fused-ring (bicyclic) bond motifs is 2. The van der Waals surface area contributed by atoms with Gasteiger partial charge in [-0.05, 0) is 12.1 Å². The van der Waals surface area contributed by atoms with Gasteiger partial charge in [-0.15, -0.1) is 0 Å². The molecule has 4 radical (unpaired) electrons. The van der Waals surface area contributed by atoms with Gasteiger partial charge >= 0.3 is 0 Å². The summed E-state index contributed by atoms with van der Waals surface area (Å²) in [6, 6.07) is 12.0. The number of hydrogen-bond donors (Lipinski definition) is 0. The van der Waals surface area contributed by atoms with Crippen LogP contribution in [0.2, 0.25) is 0 Å². The summed E-state index contributed by atoms with van der Waals surface area (Å²) in [6.07, 6.45) is 0. The largest absolute Gasteiger partial charge is 0.113 e. The average Bonchev–Trinajstić information content (AvgIpc) is 2.26. The van der Waals surface area contributed by atoms with E-state index in [0.717, 1.165) is 10.9 Å². The molecule has 72 valence electrons. The van der Waals surface area contributed by atoms with Crippen LogP contribution in [0.4, 0.5) is 0 Å². The molecule has 16 heavy (non-hydrogen) atoms. The van der Waals surface area contributed by atoms with Gasteiger partial charge in [0.1, 0.15) is 15.7 Å². The highest BCUT2D eigenvalue weighted by atomic mass is 32.2. The van der Waals surface area contributed by atoms with Crippen molar-refractivity contribution in [3.8, 4) is 0 Å². The Bertz CT molecular complexity index is 517. The monoisotopic (exact) mass is 236 g/mol. The summed E-state index contributed by atoms with van der Waals surface area (Å²) in [5, 5.41) is 0. The summed E-state index contributed by atoms with van der Waals surface area (Å²) in [6.45, 7) is 0. The first-order chi connectivity index (χ1) is 7.72. The molecule has 0 atom stereocenters. The van der Waals surface area contributed by atoms with Crippen LogP contribution in [-0.2, 0) is 0 Å². The predicted octanol–water partition coefficient (Wildman–Crippen LogP) is 1.89. The Labute approximate surface area is 106 Å². The molecule has 0 aliphatic carbocycles. The zero-order valence-electron chi connectivity index (χ0n) is 8.44. The van der Waals surface area contributed by atoms with Gasteiger partial charge in [-0.25, -0.2) is 0 Å². The van der Waals surface area contributed by atoms with E-state index in [2.05, 4.69) is 12.1 Å². The Morgan fingerprint density at radius 3 is 1.56 bits per heavy atom. The van der Waals surface area contributed by atoms with E-state index >= 15 is 0 Å². The van der Waals surface area contributed by atoms with Crippen molar-refractivity contribution >= 4 is 50.1 Å². The third-order valence-electron chi connectivity index (χ3n) is 2.38. The van der Waals surface area contributed by atoms with E-state index in [9.17, 15) is 0 Å². The van der Waals surface area contributed by atoms with Gasteiger partial charge in [-0.1, -0.05) is 58.7 Å². The number of benzene rings is 2. The highest BCUT2D eigenvalue weighted by Crippen LogP contribution is 2.47. The highest BCUT2D eigenvalue weighted by Gasteiger charge is 2.16. The third-order valence-corrected chi connectivity index (χ3v) is 4.90. The summed E-state index contributed by atoms with van der Waals surface area (Å²) >= 11 is 3.50. The van der Waals surface area contributed by atoms with E-state index in [1.807, 2.05) is 24.3 Å². The van der Waals surface area contributed by atoms with Crippen LogP contribution in [0.3, 0.4) is 0 Å². The normalized spacial score (nSPS) is 13.0. The van der Waals surface area contributed by atoms with Crippen molar-refractivity contribution in [2.45, 2.75) is 19.6 Å². The smallest absolute Gasteiger partial charge is 0.0955 e.